The normalized spacial score (nSPS) is 15.8. The van der Waals surface area contributed by atoms with E-state index in [0.717, 1.165) is 46.9 Å². The van der Waals surface area contributed by atoms with E-state index in [1.807, 2.05) is 13.0 Å². The standard InChI is InChI=1S/C35H50ClNOSi.C19H32ClNO/c1-26(2)31(35(9,37)28-21-20-27(32(36)24-28)22-23-33(3,4)5)25-38-39(34(6,7)8,29-16-12-10-13-17-29)30-18-14-11-15-19-30;1-13(2)16(12-22)19(6,21)15-8-7-14(17(20)11-15)9-10-18(3,4)5/h10-21,24,26,31H,22-23,25,37H2,1-9H3;7-8,11,13,16,22H,9-10,12,21H2,1-6H3/t31?,35-;16?,19-/m00/s1. The van der Waals surface area contributed by atoms with Gasteiger partial charge in [-0.1, -0.05) is 198 Å². The lowest BCUT2D eigenvalue weighted by Gasteiger charge is -2.46. The Kier molecular flexibility index (Phi) is 18.6. The Bertz CT molecular complexity index is 1900. The molecule has 0 saturated heterocycles. The van der Waals surface area contributed by atoms with E-state index in [2.05, 4.69) is 188 Å². The average Bonchev–Trinajstić information content (AvgIpc) is 3.15. The predicted molar refractivity (Wildman–Crippen MR) is 269 cm³/mol. The fourth-order valence-corrected chi connectivity index (χ4v) is 13.9. The van der Waals surface area contributed by atoms with Crippen LogP contribution in [-0.4, -0.2) is 26.6 Å². The van der Waals surface area contributed by atoms with E-state index in [1.165, 1.54) is 21.5 Å². The minimum Gasteiger partial charge on any atom is -0.407 e. The number of hydrogen-bond acceptors (Lipinski definition) is 4. The van der Waals surface area contributed by atoms with Gasteiger partial charge in [0, 0.05) is 46.2 Å². The van der Waals surface area contributed by atoms with Gasteiger partial charge in [0.1, 0.15) is 0 Å². The van der Waals surface area contributed by atoms with Crippen LogP contribution in [-0.2, 0) is 28.3 Å². The molecule has 0 heterocycles. The van der Waals surface area contributed by atoms with Crippen molar-refractivity contribution in [3.05, 3.63) is 129 Å². The van der Waals surface area contributed by atoms with Gasteiger partial charge in [0.05, 0.1) is 0 Å². The highest BCUT2D eigenvalue weighted by Gasteiger charge is 2.51. The van der Waals surface area contributed by atoms with Gasteiger partial charge in [-0.15, -0.1) is 0 Å². The van der Waals surface area contributed by atoms with Crippen molar-refractivity contribution < 1.29 is 9.53 Å². The molecule has 0 spiro atoms. The molecule has 4 aromatic carbocycles. The quantitative estimate of drug-likeness (QED) is 0.0979. The zero-order valence-electron chi connectivity index (χ0n) is 40.6. The molecule has 4 atom stereocenters. The van der Waals surface area contributed by atoms with E-state index in [-0.39, 0.29) is 28.9 Å². The average molecular weight is 890 g/mol. The summed E-state index contributed by atoms with van der Waals surface area (Å²) in [5.74, 6) is 0.719. The van der Waals surface area contributed by atoms with Crippen molar-refractivity contribution in [2.75, 3.05) is 13.2 Å². The van der Waals surface area contributed by atoms with E-state index in [9.17, 15) is 5.11 Å². The maximum atomic E-state index is 9.68. The van der Waals surface area contributed by atoms with Gasteiger partial charge < -0.3 is 21.0 Å². The number of benzene rings is 4. The van der Waals surface area contributed by atoms with Crippen molar-refractivity contribution in [1.82, 2.24) is 0 Å². The number of hydrogen-bond donors (Lipinski definition) is 3. The minimum atomic E-state index is -2.67. The summed E-state index contributed by atoms with van der Waals surface area (Å²) in [4.78, 5) is 0. The largest absolute Gasteiger partial charge is 0.407 e. The summed E-state index contributed by atoms with van der Waals surface area (Å²) in [6.07, 6.45) is 4.12. The van der Waals surface area contributed by atoms with E-state index in [4.69, 9.17) is 39.1 Å². The zero-order chi connectivity index (χ0) is 46.2. The van der Waals surface area contributed by atoms with E-state index in [1.54, 1.807) is 0 Å². The fraction of sp³-hybridized carbons (Fsp3) is 0.556. The van der Waals surface area contributed by atoms with Crippen LogP contribution < -0.4 is 21.8 Å². The minimum absolute atomic E-state index is 0.00370. The molecule has 0 aliphatic heterocycles. The Hall–Kier alpha value is -2.48. The van der Waals surface area contributed by atoms with Gasteiger partial charge >= 0.3 is 0 Å². The number of halogens is 2. The van der Waals surface area contributed by atoms with Crippen molar-refractivity contribution >= 4 is 41.9 Å². The van der Waals surface area contributed by atoms with Crippen molar-refractivity contribution in [1.29, 1.82) is 0 Å². The van der Waals surface area contributed by atoms with Gasteiger partial charge in [-0.25, -0.2) is 0 Å². The molecule has 0 aromatic heterocycles. The topological polar surface area (TPSA) is 81.5 Å². The molecule has 0 fully saturated rings. The van der Waals surface area contributed by atoms with Gasteiger partial charge in [0.25, 0.3) is 8.32 Å². The molecule has 4 aromatic rings. The summed E-state index contributed by atoms with van der Waals surface area (Å²) in [7, 11) is -2.67. The Labute approximate surface area is 383 Å². The Morgan fingerprint density at radius 1 is 0.557 bits per heavy atom. The second kappa shape index (κ2) is 21.5. The molecule has 0 saturated carbocycles. The molecular weight excluding hydrogens is 808 g/mol. The smallest absolute Gasteiger partial charge is 0.261 e. The van der Waals surface area contributed by atoms with Crippen LogP contribution in [0, 0.1) is 34.5 Å². The van der Waals surface area contributed by atoms with Crippen molar-refractivity contribution in [2.24, 2.45) is 46.0 Å². The molecule has 0 amide bonds. The molecule has 338 valence electrons. The van der Waals surface area contributed by atoms with Gasteiger partial charge in [-0.2, -0.15) is 0 Å². The van der Waals surface area contributed by atoms with Crippen LogP contribution in [0.4, 0.5) is 0 Å². The third-order valence-corrected chi connectivity index (χ3v) is 18.6. The third kappa shape index (κ3) is 14.0. The van der Waals surface area contributed by atoms with Crippen LogP contribution in [0.15, 0.2) is 97.1 Å². The molecular formula is C54H82Cl2N2O2Si. The maximum absolute atomic E-state index is 9.68. The lowest BCUT2D eigenvalue weighted by Crippen LogP contribution is -2.67. The molecule has 5 N–H and O–H groups in total. The van der Waals surface area contributed by atoms with Crippen LogP contribution >= 0.6 is 23.2 Å². The molecule has 0 aliphatic rings. The second-order valence-corrected chi connectivity index (χ2v) is 27.3. The monoisotopic (exact) mass is 889 g/mol. The molecule has 7 heteroatoms. The Morgan fingerprint density at radius 2 is 0.918 bits per heavy atom. The van der Waals surface area contributed by atoms with Crippen molar-refractivity contribution in [3.8, 4) is 0 Å². The zero-order valence-corrected chi connectivity index (χ0v) is 43.1. The number of nitrogens with two attached hydrogens (primary N) is 2. The molecule has 2 unspecified atom stereocenters. The summed E-state index contributed by atoms with van der Waals surface area (Å²) in [6.45, 7) is 33.9. The van der Waals surface area contributed by atoms with E-state index < -0.39 is 19.4 Å². The van der Waals surface area contributed by atoms with Crippen LogP contribution in [0.5, 0.6) is 0 Å². The summed E-state index contributed by atoms with van der Waals surface area (Å²) in [6, 6.07) is 34.2. The van der Waals surface area contributed by atoms with Crippen LogP contribution in [0.3, 0.4) is 0 Å². The molecule has 61 heavy (non-hydrogen) atoms. The Morgan fingerprint density at radius 3 is 1.21 bits per heavy atom. The van der Waals surface area contributed by atoms with Crippen molar-refractivity contribution in [3.63, 3.8) is 0 Å². The Balaban J connectivity index is 0.000000382. The van der Waals surface area contributed by atoms with Crippen LogP contribution in [0.25, 0.3) is 0 Å². The molecule has 4 rings (SSSR count). The highest BCUT2D eigenvalue weighted by molar-refractivity contribution is 6.99. The summed E-state index contributed by atoms with van der Waals surface area (Å²) in [5, 5.41) is 13.8. The highest BCUT2D eigenvalue weighted by Crippen LogP contribution is 2.41. The number of rotatable bonds is 16. The SMILES string of the molecule is CC(C)C(CO)[C@@](C)(N)c1ccc(CCC(C)(C)C)c(Cl)c1.CC(C)C(CO[Si](c1ccccc1)(c1ccccc1)C(C)(C)C)[C@@](C)(N)c1ccc(CCC(C)(C)C)c(Cl)c1. The van der Waals surface area contributed by atoms with Crippen LogP contribution in [0.1, 0.15) is 139 Å². The van der Waals surface area contributed by atoms with Gasteiger partial charge in [-0.05, 0) is 112 Å². The number of aliphatic hydroxyl groups excluding tert-OH is 1. The molecule has 0 bridgehead atoms. The summed E-state index contributed by atoms with van der Waals surface area (Å²) < 4.78 is 7.35. The van der Waals surface area contributed by atoms with Gasteiger partial charge in [0.15, 0.2) is 0 Å². The van der Waals surface area contributed by atoms with Crippen molar-refractivity contribution in [2.45, 2.75) is 146 Å². The number of aliphatic hydroxyl groups is 1. The lowest BCUT2D eigenvalue weighted by atomic mass is 9.75. The maximum Gasteiger partial charge on any atom is 0.261 e. The first-order valence-electron chi connectivity index (χ1n) is 22.6. The van der Waals surface area contributed by atoms with E-state index >= 15 is 0 Å². The second-order valence-electron chi connectivity index (χ2n) is 22.2. The molecule has 0 aliphatic carbocycles. The van der Waals surface area contributed by atoms with Gasteiger partial charge in [-0.3, -0.25) is 0 Å². The predicted octanol–water partition coefficient (Wildman–Crippen LogP) is 13.1. The number of aryl methyl sites for hydroxylation is 2. The first kappa shape index (κ1) is 52.9. The van der Waals surface area contributed by atoms with E-state index in [0.29, 0.717) is 23.9 Å². The lowest BCUT2D eigenvalue weighted by molar-refractivity contribution is 0.120. The highest BCUT2D eigenvalue weighted by atomic mass is 35.5. The first-order chi connectivity index (χ1) is 28.1. The molecule has 0 radical (unpaired) electrons. The summed E-state index contributed by atoms with van der Waals surface area (Å²) in [5.41, 5.74) is 17.6. The third-order valence-electron chi connectivity index (χ3n) is 12.9. The van der Waals surface area contributed by atoms with Crippen LogP contribution in [0.2, 0.25) is 15.1 Å². The fourth-order valence-electron chi connectivity index (χ4n) is 8.75. The summed E-state index contributed by atoms with van der Waals surface area (Å²) >= 11 is 13.3. The first-order valence-corrected chi connectivity index (χ1v) is 25.3. The molecule has 4 nitrogen and oxygen atoms in total. The van der Waals surface area contributed by atoms with Gasteiger partial charge in [0.2, 0.25) is 0 Å².